The molecule has 0 aromatic heterocycles. The Kier molecular flexibility index (Phi) is 4.72. The van der Waals surface area contributed by atoms with Gasteiger partial charge in [0.15, 0.2) is 0 Å². The summed E-state index contributed by atoms with van der Waals surface area (Å²) in [6.07, 6.45) is 5.87. The molecule has 17 heavy (non-hydrogen) atoms. The summed E-state index contributed by atoms with van der Waals surface area (Å²) in [5.74, 6) is -0.0342. The molecule has 1 aliphatic carbocycles. The van der Waals surface area contributed by atoms with E-state index in [1.807, 2.05) is 27.7 Å². The van der Waals surface area contributed by atoms with E-state index in [0.717, 1.165) is 25.7 Å². The molecule has 0 saturated heterocycles. The summed E-state index contributed by atoms with van der Waals surface area (Å²) in [4.78, 5) is 25.9. The Bertz CT molecular complexity index is 285. The zero-order chi connectivity index (χ0) is 13.1. The number of imide groups is 1. The van der Waals surface area contributed by atoms with E-state index in [2.05, 4.69) is 0 Å². The molecule has 0 aliphatic heterocycles. The highest BCUT2D eigenvalue weighted by Crippen LogP contribution is 2.27. The van der Waals surface area contributed by atoms with Crippen LogP contribution in [-0.4, -0.2) is 22.8 Å². The number of rotatable bonds is 2. The molecule has 0 bridgehead atoms. The minimum atomic E-state index is -0.470. The monoisotopic (exact) mass is 239 g/mol. The molecule has 1 rings (SSSR count). The largest absolute Gasteiger partial charge is 0.279 e. The van der Waals surface area contributed by atoms with Gasteiger partial charge in [-0.25, -0.2) is 0 Å². The summed E-state index contributed by atoms with van der Waals surface area (Å²) in [6, 6.07) is 0.142. The Morgan fingerprint density at radius 2 is 1.65 bits per heavy atom. The van der Waals surface area contributed by atoms with Gasteiger partial charge in [0.05, 0.1) is 0 Å². The van der Waals surface area contributed by atoms with Crippen LogP contribution in [0.15, 0.2) is 0 Å². The number of hydrogen-bond acceptors (Lipinski definition) is 2. The van der Waals surface area contributed by atoms with Crippen LogP contribution in [0.2, 0.25) is 0 Å². The van der Waals surface area contributed by atoms with E-state index in [-0.39, 0.29) is 17.9 Å². The molecule has 1 fully saturated rings. The third kappa shape index (κ3) is 3.55. The number of hydrogen-bond donors (Lipinski definition) is 0. The van der Waals surface area contributed by atoms with Gasteiger partial charge in [-0.2, -0.15) is 0 Å². The quantitative estimate of drug-likeness (QED) is 0.742. The molecule has 0 atom stereocenters. The fraction of sp³-hybridized carbons (Fsp3) is 0.857. The van der Waals surface area contributed by atoms with Crippen LogP contribution in [0.4, 0.5) is 0 Å². The zero-order valence-corrected chi connectivity index (χ0v) is 11.6. The zero-order valence-electron chi connectivity index (χ0n) is 11.6. The lowest BCUT2D eigenvalue weighted by atomic mass is 9.89. The first kappa shape index (κ1) is 14.2. The molecule has 3 nitrogen and oxygen atoms in total. The Morgan fingerprint density at radius 3 is 2.06 bits per heavy atom. The van der Waals surface area contributed by atoms with E-state index in [9.17, 15) is 9.59 Å². The van der Waals surface area contributed by atoms with Gasteiger partial charge in [-0.1, -0.05) is 47.0 Å². The first-order valence-electron chi connectivity index (χ1n) is 6.74. The van der Waals surface area contributed by atoms with Crippen LogP contribution >= 0.6 is 0 Å². The summed E-state index contributed by atoms with van der Waals surface area (Å²) >= 11 is 0. The standard InChI is InChI=1S/C14H25NO2/c1-5-12(16)15(13(17)14(2,3)4)11-9-7-6-8-10-11/h11H,5-10H2,1-4H3. The Hall–Kier alpha value is -0.860. The van der Waals surface area contributed by atoms with Crippen molar-refractivity contribution in [3.8, 4) is 0 Å². The molecule has 0 aromatic carbocycles. The van der Waals surface area contributed by atoms with Crippen LogP contribution in [0, 0.1) is 5.41 Å². The topological polar surface area (TPSA) is 37.4 Å². The van der Waals surface area contributed by atoms with Gasteiger partial charge in [-0.15, -0.1) is 0 Å². The van der Waals surface area contributed by atoms with Crippen LogP contribution in [0.5, 0.6) is 0 Å². The first-order chi connectivity index (χ1) is 7.88. The predicted molar refractivity (Wildman–Crippen MR) is 68.5 cm³/mol. The minimum absolute atomic E-state index is 0.0168. The third-order valence-corrected chi connectivity index (χ3v) is 3.37. The van der Waals surface area contributed by atoms with Crippen molar-refractivity contribution in [3.05, 3.63) is 0 Å². The SMILES string of the molecule is CCC(=O)N(C(=O)C(C)(C)C)C1CCCCC1. The number of nitrogens with zero attached hydrogens (tertiary/aromatic N) is 1. The van der Waals surface area contributed by atoms with Gasteiger partial charge in [0.2, 0.25) is 11.8 Å². The third-order valence-electron chi connectivity index (χ3n) is 3.37. The average molecular weight is 239 g/mol. The molecule has 1 aliphatic rings. The summed E-state index contributed by atoms with van der Waals surface area (Å²) in [5.41, 5.74) is -0.470. The maximum atomic E-state index is 12.4. The first-order valence-corrected chi connectivity index (χ1v) is 6.74. The van der Waals surface area contributed by atoms with Crippen molar-refractivity contribution in [2.24, 2.45) is 5.41 Å². The van der Waals surface area contributed by atoms with Crippen LogP contribution in [0.3, 0.4) is 0 Å². The number of carbonyl (C=O) groups is 2. The maximum absolute atomic E-state index is 12.4. The van der Waals surface area contributed by atoms with Crippen molar-refractivity contribution >= 4 is 11.8 Å². The van der Waals surface area contributed by atoms with E-state index in [1.165, 1.54) is 6.42 Å². The minimum Gasteiger partial charge on any atom is -0.279 e. The summed E-state index contributed by atoms with van der Waals surface area (Å²) in [6.45, 7) is 7.48. The van der Waals surface area contributed by atoms with Gasteiger partial charge in [0, 0.05) is 17.9 Å². The molecule has 0 heterocycles. The van der Waals surface area contributed by atoms with Crippen molar-refractivity contribution in [1.29, 1.82) is 0 Å². The second-order valence-corrected chi connectivity index (χ2v) is 5.96. The second kappa shape index (κ2) is 5.65. The lowest BCUT2D eigenvalue weighted by molar-refractivity contribution is -0.153. The van der Waals surface area contributed by atoms with Crippen molar-refractivity contribution < 1.29 is 9.59 Å². The van der Waals surface area contributed by atoms with Gasteiger partial charge < -0.3 is 0 Å². The summed E-state index contributed by atoms with van der Waals surface area (Å²) in [5, 5.41) is 0. The highest BCUT2D eigenvalue weighted by atomic mass is 16.2. The van der Waals surface area contributed by atoms with Crippen molar-refractivity contribution in [2.75, 3.05) is 0 Å². The van der Waals surface area contributed by atoms with Crippen molar-refractivity contribution in [2.45, 2.75) is 72.3 Å². The smallest absolute Gasteiger partial charge is 0.234 e. The van der Waals surface area contributed by atoms with Gasteiger partial charge >= 0.3 is 0 Å². The number of amides is 2. The molecule has 3 heteroatoms. The molecule has 98 valence electrons. The van der Waals surface area contributed by atoms with Crippen LogP contribution in [-0.2, 0) is 9.59 Å². The summed E-state index contributed by atoms with van der Waals surface area (Å²) in [7, 11) is 0. The molecule has 2 amide bonds. The van der Waals surface area contributed by atoms with E-state index >= 15 is 0 Å². The maximum Gasteiger partial charge on any atom is 0.234 e. The predicted octanol–water partition coefficient (Wildman–Crippen LogP) is 3.13. The lowest BCUT2D eigenvalue weighted by Crippen LogP contribution is -2.49. The fourth-order valence-corrected chi connectivity index (χ4v) is 2.35. The van der Waals surface area contributed by atoms with E-state index in [0.29, 0.717) is 6.42 Å². The molecule has 0 spiro atoms. The van der Waals surface area contributed by atoms with Crippen LogP contribution in [0.1, 0.15) is 66.2 Å². The Morgan fingerprint density at radius 1 is 1.12 bits per heavy atom. The average Bonchev–Trinajstić information content (AvgIpc) is 2.29. The van der Waals surface area contributed by atoms with E-state index in [4.69, 9.17) is 0 Å². The van der Waals surface area contributed by atoms with E-state index in [1.54, 1.807) is 4.90 Å². The fourth-order valence-electron chi connectivity index (χ4n) is 2.35. The molecular formula is C14H25NO2. The van der Waals surface area contributed by atoms with Crippen LogP contribution in [0.25, 0.3) is 0 Å². The van der Waals surface area contributed by atoms with Gasteiger partial charge in [-0.05, 0) is 12.8 Å². The van der Waals surface area contributed by atoms with Crippen molar-refractivity contribution in [3.63, 3.8) is 0 Å². The Labute approximate surface area is 105 Å². The van der Waals surface area contributed by atoms with Crippen molar-refractivity contribution in [1.82, 2.24) is 4.90 Å². The molecule has 0 aromatic rings. The summed E-state index contributed by atoms with van der Waals surface area (Å²) < 4.78 is 0. The molecular weight excluding hydrogens is 214 g/mol. The highest BCUT2D eigenvalue weighted by molar-refractivity contribution is 5.97. The molecule has 0 unspecified atom stereocenters. The molecule has 0 radical (unpaired) electrons. The van der Waals surface area contributed by atoms with Gasteiger partial charge in [0.1, 0.15) is 0 Å². The van der Waals surface area contributed by atoms with Gasteiger partial charge in [0.25, 0.3) is 0 Å². The normalized spacial score (nSPS) is 17.9. The van der Waals surface area contributed by atoms with Gasteiger partial charge in [-0.3, -0.25) is 14.5 Å². The molecule has 0 N–H and O–H groups in total. The van der Waals surface area contributed by atoms with Crippen LogP contribution < -0.4 is 0 Å². The highest BCUT2D eigenvalue weighted by Gasteiger charge is 2.35. The Balaban J connectivity index is 2.87. The molecule has 1 saturated carbocycles. The second-order valence-electron chi connectivity index (χ2n) is 5.96. The van der Waals surface area contributed by atoms with E-state index < -0.39 is 5.41 Å². The lowest BCUT2D eigenvalue weighted by Gasteiger charge is -2.36. The number of carbonyl (C=O) groups excluding carboxylic acids is 2.